The van der Waals surface area contributed by atoms with E-state index in [2.05, 4.69) is 23.6 Å². The van der Waals surface area contributed by atoms with Crippen molar-refractivity contribution >= 4 is 0 Å². The van der Waals surface area contributed by atoms with Crippen LogP contribution in [0.1, 0.15) is 58.8 Å². The number of piperidine rings is 1. The molecule has 3 aliphatic rings. The van der Waals surface area contributed by atoms with Gasteiger partial charge in [-0.25, -0.2) is 0 Å². The van der Waals surface area contributed by atoms with Crippen molar-refractivity contribution in [1.29, 1.82) is 0 Å². The first kappa shape index (κ1) is 12.9. The van der Waals surface area contributed by atoms with Crippen molar-refractivity contribution < 1.29 is 0 Å². The van der Waals surface area contributed by atoms with Crippen molar-refractivity contribution in [2.45, 2.75) is 70.9 Å². The summed E-state index contributed by atoms with van der Waals surface area (Å²) in [4.78, 5) is 5.45. The van der Waals surface area contributed by atoms with Gasteiger partial charge in [-0.1, -0.05) is 6.42 Å². The monoisotopic (exact) mass is 250 g/mol. The quantitative estimate of drug-likeness (QED) is 0.743. The molecule has 18 heavy (non-hydrogen) atoms. The lowest BCUT2D eigenvalue weighted by Crippen LogP contribution is -2.60. The summed E-state index contributed by atoms with van der Waals surface area (Å²) >= 11 is 0. The van der Waals surface area contributed by atoms with Gasteiger partial charge in [0.05, 0.1) is 0 Å². The molecule has 104 valence electrons. The van der Waals surface area contributed by atoms with Crippen LogP contribution >= 0.6 is 0 Å². The average molecular weight is 250 g/mol. The van der Waals surface area contributed by atoms with Crippen LogP contribution in [0.4, 0.5) is 0 Å². The van der Waals surface area contributed by atoms with E-state index in [-0.39, 0.29) is 0 Å². The molecule has 0 aromatic heterocycles. The topological polar surface area (TPSA) is 6.48 Å². The lowest BCUT2D eigenvalue weighted by Gasteiger charge is -2.56. The van der Waals surface area contributed by atoms with Gasteiger partial charge in [-0.15, -0.1) is 0 Å². The van der Waals surface area contributed by atoms with Crippen LogP contribution < -0.4 is 0 Å². The van der Waals surface area contributed by atoms with Crippen LogP contribution in [0, 0.1) is 5.41 Å². The van der Waals surface area contributed by atoms with Gasteiger partial charge in [0.15, 0.2) is 0 Å². The Labute approximate surface area is 113 Å². The largest absolute Gasteiger partial charge is 0.300 e. The van der Waals surface area contributed by atoms with Crippen LogP contribution in [-0.4, -0.2) is 48.1 Å². The minimum atomic E-state index is 0.733. The van der Waals surface area contributed by atoms with Gasteiger partial charge in [-0.05, 0) is 70.9 Å². The number of nitrogens with zero attached hydrogens (tertiary/aromatic N) is 2. The maximum Gasteiger partial charge on any atom is 0.00956 e. The molecule has 3 rings (SSSR count). The second-order valence-electron chi connectivity index (χ2n) is 7.33. The highest BCUT2D eigenvalue weighted by Gasteiger charge is 2.46. The van der Waals surface area contributed by atoms with Gasteiger partial charge < -0.3 is 4.90 Å². The molecule has 2 heteroatoms. The zero-order valence-electron chi connectivity index (χ0n) is 12.3. The lowest BCUT2D eigenvalue weighted by molar-refractivity contribution is -0.0621. The van der Waals surface area contributed by atoms with E-state index in [1.807, 2.05) is 0 Å². The Morgan fingerprint density at radius 2 is 1.56 bits per heavy atom. The Balaban J connectivity index is 1.47. The summed E-state index contributed by atoms with van der Waals surface area (Å²) in [6.07, 6.45) is 10.3. The first-order chi connectivity index (χ1) is 8.69. The summed E-state index contributed by atoms with van der Waals surface area (Å²) in [5, 5.41) is 0. The van der Waals surface area contributed by atoms with Gasteiger partial charge in [0.25, 0.3) is 0 Å². The molecule has 1 saturated carbocycles. The van der Waals surface area contributed by atoms with Crippen molar-refractivity contribution in [3.63, 3.8) is 0 Å². The Morgan fingerprint density at radius 1 is 0.944 bits per heavy atom. The SMILES string of the molecule is CC(C)N1CC2(CCC(N3CCCCC3)CC2)C1. The van der Waals surface area contributed by atoms with Gasteiger partial charge in [0.1, 0.15) is 0 Å². The molecule has 3 fully saturated rings. The molecule has 0 aromatic carbocycles. The fraction of sp³-hybridized carbons (Fsp3) is 1.00. The normalized spacial score (nSPS) is 30.8. The Kier molecular flexibility index (Phi) is 3.68. The molecule has 0 radical (unpaired) electrons. The van der Waals surface area contributed by atoms with Crippen molar-refractivity contribution in [3.05, 3.63) is 0 Å². The van der Waals surface area contributed by atoms with Crippen molar-refractivity contribution in [1.82, 2.24) is 9.80 Å². The lowest BCUT2D eigenvalue weighted by atomic mass is 9.66. The molecule has 1 aliphatic carbocycles. The second kappa shape index (κ2) is 5.13. The maximum atomic E-state index is 2.80. The molecule has 1 spiro atoms. The molecule has 2 saturated heterocycles. The van der Waals surface area contributed by atoms with E-state index in [4.69, 9.17) is 0 Å². The highest BCUT2D eigenvalue weighted by Crippen LogP contribution is 2.45. The fourth-order valence-corrected chi connectivity index (χ4v) is 4.36. The van der Waals surface area contributed by atoms with E-state index in [1.165, 1.54) is 71.1 Å². The summed E-state index contributed by atoms with van der Waals surface area (Å²) in [7, 11) is 0. The Hall–Kier alpha value is -0.0800. The highest BCUT2D eigenvalue weighted by molar-refractivity contribution is 5.00. The fourth-order valence-electron chi connectivity index (χ4n) is 4.36. The summed E-state index contributed by atoms with van der Waals surface area (Å²) in [6, 6.07) is 1.69. The van der Waals surface area contributed by atoms with E-state index < -0.39 is 0 Å². The third-order valence-electron chi connectivity index (χ3n) is 5.73. The summed E-state index contributed by atoms with van der Waals surface area (Å²) in [5.74, 6) is 0. The summed E-state index contributed by atoms with van der Waals surface area (Å²) in [5.41, 5.74) is 0.733. The van der Waals surface area contributed by atoms with E-state index in [1.54, 1.807) is 0 Å². The van der Waals surface area contributed by atoms with Gasteiger partial charge >= 0.3 is 0 Å². The van der Waals surface area contributed by atoms with Gasteiger partial charge in [-0.3, -0.25) is 4.90 Å². The van der Waals surface area contributed by atoms with Crippen molar-refractivity contribution in [3.8, 4) is 0 Å². The van der Waals surface area contributed by atoms with Gasteiger partial charge in [0.2, 0.25) is 0 Å². The minimum Gasteiger partial charge on any atom is -0.300 e. The molecule has 0 atom stereocenters. The van der Waals surface area contributed by atoms with E-state index in [9.17, 15) is 0 Å². The first-order valence-corrected chi connectivity index (χ1v) is 8.17. The Morgan fingerprint density at radius 3 is 2.11 bits per heavy atom. The maximum absolute atomic E-state index is 2.80. The first-order valence-electron chi connectivity index (χ1n) is 8.17. The minimum absolute atomic E-state index is 0.733. The zero-order valence-corrected chi connectivity index (χ0v) is 12.3. The average Bonchev–Trinajstić information content (AvgIpc) is 2.37. The molecule has 2 nitrogen and oxygen atoms in total. The molecule has 0 bridgehead atoms. The van der Waals surface area contributed by atoms with Crippen LogP contribution in [0.3, 0.4) is 0 Å². The third-order valence-corrected chi connectivity index (χ3v) is 5.73. The number of hydrogen-bond donors (Lipinski definition) is 0. The second-order valence-corrected chi connectivity index (χ2v) is 7.33. The van der Waals surface area contributed by atoms with Crippen LogP contribution in [0.2, 0.25) is 0 Å². The zero-order chi connectivity index (χ0) is 12.6. The standard InChI is InChI=1S/C16H30N2/c1-14(2)18-12-16(13-18)8-6-15(7-9-16)17-10-4-3-5-11-17/h14-15H,3-13H2,1-2H3. The molecular formula is C16H30N2. The predicted octanol–water partition coefficient (Wildman–Crippen LogP) is 3.13. The van der Waals surface area contributed by atoms with Crippen molar-refractivity contribution in [2.24, 2.45) is 5.41 Å². The molecular weight excluding hydrogens is 220 g/mol. The molecule has 0 unspecified atom stereocenters. The summed E-state index contributed by atoms with van der Waals surface area (Å²) < 4.78 is 0. The third kappa shape index (κ3) is 2.46. The van der Waals surface area contributed by atoms with Gasteiger partial charge in [-0.2, -0.15) is 0 Å². The van der Waals surface area contributed by atoms with E-state index >= 15 is 0 Å². The summed E-state index contributed by atoms with van der Waals surface area (Å²) in [6.45, 7) is 10.2. The van der Waals surface area contributed by atoms with Crippen LogP contribution in [0.25, 0.3) is 0 Å². The molecule has 0 N–H and O–H groups in total. The number of rotatable bonds is 2. The molecule has 2 aliphatic heterocycles. The predicted molar refractivity (Wildman–Crippen MR) is 76.8 cm³/mol. The van der Waals surface area contributed by atoms with Gasteiger partial charge in [0, 0.05) is 25.2 Å². The molecule has 0 amide bonds. The van der Waals surface area contributed by atoms with E-state index in [0.717, 1.165) is 17.5 Å². The van der Waals surface area contributed by atoms with Crippen molar-refractivity contribution in [2.75, 3.05) is 26.2 Å². The number of likely N-dealkylation sites (tertiary alicyclic amines) is 2. The highest BCUT2D eigenvalue weighted by atomic mass is 15.2. The van der Waals surface area contributed by atoms with Crippen LogP contribution in [-0.2, 0) is 0 Å². The smallest absolute Gasteiger partial charge is 0.00956 e. The van der Waals surface area contributed by atoms with Crippen LogP contribution in [0.15, 0.2) is 0 Å². The Bertz CT molecular complexity index is 265. The molecule has 2 heterocycles. The molecule has 0 aromatic rings. The van der Waals surface area contributed by atoms with E-state index in [0.29, 0.717) is 0 Å². The number of hydrogen-bond acceptors (Lipinski definition) is 2. The van der Waals surface area contributed by atoms with Crippen LogP contribution in [0.5, 0.6) is 0 Å².